The summed E-state index contributed by atoms with van der Waals surface area (Å²) in [7, 11) is 1.52. The van der Waals surface area contributed by atoms with Crippen LogP contribution < -0.4 is 5.32 Å². The van der Waals surface area contributed by atoms with Crippen molar-refractivity contribution in [2.24, 2.45) is 5.92 Å². The summed E-state index contributed by atoms with van der Waals surface area (Å²) in [5.41, 5.74) is -0.609. The van der Waals surface area contributed by atoms with Gasteiger partial charge < -0.3 is 14.8 Å². The first-order valence-electron chi connectivity index (χ1n) is 10.8. The zero-order chi connectivity index (χ0) is 23.0. The Morgan fingerprint density at radius 1 is 1.23 bits per heavy atom. The molecule has 1 aromatic rings. The molecule has 1 aliphatic carbocycles. The Morgan fingerprint density at radius 2 is 1.94 bits per heavy atom. The molecule has 31 heavy (non-hydrogen) atoms. The molecule has 8 heteroatoms. The summed E-state index contributed by atoms with van der Waals surface area (Å²) >= 11 is 6.41. The van der Waals surface area contributed by atoms with Crippen molar-refractivity contribution in [3.05, 3.63) is 34.9 Å². The fourth-order valence-corrected chi connectivity index (χ4v) is 4.29. The molecule has 2 atom stereocenters. The lowest BCUT2D eigenvalue weighted by atomic mass is 9.74. The van der Waals surface area contributed by atoms with Crippen molar-refractivity contribution in [3.8, 4) is 0 Å². The van der Waals surface area contributed by atoms with E-state index in [1.54, 1.807) is 24.3 Å². The molecule has 1 aromatic carbocycles. The van der Waals surface area contributed by atoms with Crippen LogP contribution in [0.25, 0.3) is 0 Å². The van der Waals surface area contributed by atoms with Crippen LogP contribution in [0.15, 0.2) is 24.3 Å². The largest absolute Gasteiger partial charge is 0.427 e. The Bertz CT molecular complexity index is 785. The van der Waals surface area contributed by atoms with E-state index in [0.717, 1.165) is 19.3 Å². The van der Waals surface area contributed by atoms with Gasteiger partial charge in [-0.15, -0.1) is 0 Å². The molecule has 1 saturated carbocycles. The Morgan fingerprint density at radius 3 is 2.55 bits per heavy atom. The van der Waals surface area contributed by atoms with E-state index >= 15 is 0 Å². The molecule has 0 aromatic heterocycles. The molecule has 0 bridgehead atoms. The molecule has 7 nitrogen and oxygen atoms in total. The number of likely N-dealkylation sites (N-methyl/N-ethyl adjacent to an activating group) is 1. The number of hydrogen-bond acceptors (Lipinski definition) is 6. The summed E-state index contributed by atoms with van der Waals surface area (Å²) in [5.74, 6) is -0.527. The smallest absolute Gasteiger partial charge is 0.413 e. The highest BCUT2D eigenvalue weighted by molar-refractivity contribution is 6.31. The van der Waals surface area contributed by atoms with E-state index in [1.807, 2.05) is 20.8 Å². The van der Waals surface area contributed by atoms with Gasteiger partial charge in [0, 0.05) is 24.1 Å². The van der Waals surface area contributed by atoms with Gasteiger partial charge in [0.1, 0.15) is 11.6 Å². The van der Waals surface area contributed by atoms with Crippen LogP contribution in [0.1, 0.15) is 58.4 Å². The molecule has 0 unspecified atom stereocenters. The highest BCUT2D eigenvalue weighted by Gasteiger charge is 2.48. The van der Waals surface area contributed by atoms with E-state index in [0.29, 0.717) is 30.0 Å². The van der Waals surface area contributed by atoms with Gasteiger partial charge >= 0.3 is 12.1 Å². The molecule has 1 N–H and O–H groups in total. The third-order valence-corrected chi connectivity index (χ3v) is 6.07. The second-order valence-corrected chi connectivity index (χ2v) is 8.60. The third-order valence-electron chi connectivity index (χ3n) is 5.74. The predicted molar refractivity (Wildman–Crippen MR) is 119 cm³/mol. The van der Waals surface area contributed by atoms with Crippen LogP contribution in [0.5, 0.6) is 0 Å². The number of hydrogen-bond donors (Lipinski definition) is 1. The molecule has 0 aliphatic heterocycles. The molecule has 172 valence electrons. The Balaban J connectivity index is 2.10. The summed E-state index contributed by atoms with van der Waals surface area (Å²) in [5, 5.41) is 3.56. The van der Waals surface area contributed by atoms with E-state index in [-0.39, 0.29) is 11.7 Å². The first-order valence-corrected chi connectivity index (χ1v) is 11.2. The maximum atomic E-state index is 13.1. The highest BCUT2D eigenvalue weighted by atomic mass is 35.5. The normalized spacial score (nSPS) is 19.7. The number of esters is 1. The molecule has 0 heterocycles. The minimum absolute atomic E-state index is 0.0285. The van der Waals surface area contributed by atoms with E-state index in [4.69, 9.17) is 21.1 Å². The molecule has 0 spiro atoms. The predicted octanol–water partition coefficient (Wildman–Crippen LogP) is 4.27. The number of Topliss-reactive ketones (excluding diaryl/α,β-unsaturated/α-hetero) is 1. The zero-order valence-corrected chi connectivity index (χ0v) is 19.5. The molecule has 2 rings (SSSR count). The highest BCUT2D eigenvalue weighted by Crippen LogP contribution is 2.42. The first-order chi connectivity index (χ1) is 14.8. The summed E-state index contributed by atoms with van der Waals surface area (Å²) in [6, 6.07) is 6.56. The molecule has 0 saturated heterocycles. The van der Waals surface area contributed by atoms with Crippen LogP contribution in [0, 0.1) is 5.92 Å². The minimum Gasteiger partial charge on any atom is -0.427 e. The number of ketones is 1. The summed E-state index contributed by atoms with van der Waals surface area (Å²) in [6.45, 7) is 6.00. The van der Waals surface area contributed by atoms with Crippen molar-refractivity contribution in [2.45, 2.75) is 64.5 Å². The fourth-order valence-electron chi connectivity index (χ4n) is 4.00. The zero-order valence-electron chi connectivity index (χ0n) is 18.8. The number of carbonyl (C=O) groups excluding carboxylic acids is 3. The van der Waals surface area contributed by atoms with Gasteiger partial charge in [0.15, 0.2) is 5.78 Å². The number of rotatable bonds is 9. The van der Waals surface area contributed by atoms with Crippen molar-refractivity contribution >= 4 is 29.4 Å². The van der Waals surface area contributed by atoms with Gasteiger partial charge in [-0.05, 0) is 44.2 Å². The van der Waals surface area contributed by atoms with Gasteiger partial charge in [-0.1, -0.05) is 50.6 Å². The van der Waals surface area contributed by atoms with E-state index in [9.17, 15) is 14.4 Å². The standard InChI is InChI=1S/C23H33ClN2O5/c1-5-14-25-20(16(2)3)21(28)30-15-31-22(29)26(4)23(13-9-8-12-19(23)27)17-10-6-7-11-18(17)24/h6-7,10-11,16,20,25H,5,8-9,12-15H2,1-4H3/t20-,23-/m0/s1. The van der Waals surface area contributed by atoms with E-state index < -0.39 is 30.4 Å². The molecule has 1 fully saturated rings. The van der Waals surface area contributed by atoms with Crippen molar-refractivity contribution in [1.82, 2.24) is 10.2 Å². The van der Waals surface area contributed by atoms with Gasteiger partial charge in [-0.3, -0.25) is 14.5 Å². The van der Waals surface area contributed by atoms with Crippen LogP contribution in [0.3, 0.4) is 0 Å². The second kappa shape index (κ2) is 11.5. The average molecular weight is 453 g/mol. The Hall–Kier alpha value is -2.12. The SMILES string of the molecule is CCCN[C@H](C(=O)OCOC(=O)N(C)[C@]1(c2ccccc2Cl)CCCCC1=O)C(C)C. The van der Waals surface area contributed by atoms with Gasteiger partial charge in [-0.2, -0.15) is 0 Å². The molecular weight excluding hydrogens is 420 g/mol. The lowest BCUT2D eigenvalue weighted by Gasteiger charge is -2.43. The molecule has 0 radical (unpaired) electrons. The van der Waals surface area contributed by atoms with Crippen molar-refractivity contribution in [2.75, 3.05) is 20.4 Å². The monoisotopic (exact) mass is 452 g/mol. The number of ether oxygens (including phenoxy) is 2. The third kappa shape index (κ3) is 5.77. The van der Waals surface area contributed by atoms with Crippen LogP contribution in [0.4, 0.5) is 4.79 Å². The lowest BCUT2D eigenvalue weighted by Crippen LogP contribution is -2.54. The Labute approximate surface area is 189 Å². The second-order valence-electron chi connectivity index (χ2n) is 8.20. The summed E-state index contributed by atoms with van der Waals surface area (Å²) in [4.78, 5) is 39.6. The number of carbonyl (C=O) groups is 3. The van der Waals surface area contributed by atoms with E-state index in [1.165, 1.54) is 11.9 Å². The van der Waals surface area contributed by atoms with Gasteiger partial charge in [0.05, 0.1) is 0 Å². The lowest BCUT2D eigenvalue weighted by molar-refractivity contribution is -0.157. The van der Waals surface area contributed by atoms with Gasteiger partial charge in [-0.25, -0.2) is 4.79 Å². The number of halogens is 1. The van der Waals surface area contributed by atoms with Crippen molar-refractivity contribution in [1.29, 1.82) is 0 Å². The van der Waals surface area contributed by atoms with Crippen LogP contribution >= 0.6 is 11.6 Å². The maximum absolute atomic E-state index is 13.1. The van der Waals surface area contributed by atoms with Crippen molar-refractivity contribution in [3.63, 3.8) is 0 Å². The number of nitrogens with zero attached hydrogens (tertiary/aromatic N) is 1. The number of benzene rings is 1. The van der Waals surface area contributed by atoms with Gasteiger partial charge in [0.2, 0.25) is 6.79 Å². The molecule has 1 amide bonds. The Kier molecular flexibility index (Phi) is 9.32. The molecular formula is C23H33ClN2O5. The minimum atomic E-state index is -1.19. The fraction of sp³-hybridized carbons (Fsp3) is 0.609. The van der Waals surface area contributed by atoms with Crippen molar-refractivity contribution < 1.29 is 23.9 Å². The van der Waals surface area contributed by atoms with E-state index in [2.05, 4.69) is 5.32 Å². The van der Waals surface area contributed by atoms with Crippen LogP contribution in [-0.4, -0.2) is 49.2 Å². The van der Waals surface area contributed by atoms with Crippen LogP contribution in [0.2, 0.25) is 5.02 Å². The number of amides is 1. The summed E-state index contributed by atoms with van der Waals surface area (Å²) < 4.78 is 10.4. The van der Waals surface area contributed by atoms with Gasteiger partial charge in [0.25, 0.3) is 0 Å². The van der Waals surface area contributed by atoms with Crippen LogP contribution in [-0.2, 0) is 24.6 Å². The quantitative estimate of drug-likeness (QED) is 0.445. The summed E-state index contributed by atoms with van der Waals surface area (Å²) in [6.07, 6.45) is 2.50. The average Bonchev–Trinajstić information content (AvgIpc) is 2.74. The first kappa shape index (κ1) is 25.1. The molecule has 1 aliphatic rings. The number of nitrogens with one attached hydrogen (secondary N) is 1. The topological polar surface area (TPSA) is 84.9 Å². The maximum Gasteiger partial charge on any atom is 0.413 e.